The number of rotatable bonds is 6. The number of methoxy groups -OCH3 is 1. The molecule has 0 aromatic heterocycles. The van der Waals surface area contributed by atoms with Crippen molar-refractivity contribution in [1.29, 1.82) is 0 Å². The minimum absolute atomic E-state index is 0.0371. The maximum Gasteiger partial charge on any atom is 0.317 e. The third-order valence-corrected chi connectivity index (χ3v) is 6.93. The molecule has 0 radical (unpaired) electrons. The summed E-state index contributed by atoms with van der Waals surface area (Å²) in [6.07, 6.45) is 5.58. The number of hydrogen-bond donors (Lipinski definition) is 2. The second-order valence-electron chi connectivity index (χ2n) is 9.15. The predicted molar refractivity (Wildman–Crippen MR) is 122 cm³/mol. The van der Waals surface area contributed by atoms with Crippen LogP contribution in [0.25, 0.3) is 0 Å². The van der Waals surface area contributed by atoms with Crippen molar-refractivity contribution in [3.63, 3.8) is 0 Å². The predicted octanol–water partition coefficient (Wildman–Crippen LogP) is 3.11. The Morgan fingerprint density at radius 2 is 1.84 bits per heavy atom. The standard InChI is InChI=1S/C24H36N4O4/c1-3-25-23(30)28(19-6-7-19)20-10-15-32-24(16-20)11-13-27(14-12-24)22(29)26-17-18-4-8-21(31-2)9-5-18/h4-5,8-9,19-20H,3,6-7,10-17H2,1-2H3,(H,25,30)(H,26,29). The van der Waals surface area contributed by atoms with Crippen LogP contribution in [0.3, 0.4) is 0 Å². The molecule has 2 N–H and O–H groups in total. The molecule has 3 aliphatic rings. The minimum Gasteiger partial charge on any atom is -0.497 e. The van der Waals surface area contributed by atoms with Gasteiger partial charge >= 0.3 is 12.1 Å². The summed E-state index contributed by atoms with van der Waals surface area (Å²) in [4.78, 5) is 29.3. The molecule has 1 unspecified atom stereocenters. The van der Waals surface area contributed by atoms with Crippen LogP contribution in [0.1, 0.15) is 51.0 Å². The van der Waals surface area contributed by atoms with E-state index in [-0.39, 0.29) is 23.7 Å². The van der Waals surface area contributed by atoms with Gasteiger partial charge in [0.05, 0.1) is 12.7 Å². The fourth-order valence-corrected chi connectivity index (χ4v) is 4.96. The van der Waals surface area contributed by atoms with Gasteiger partial charge in [-0.1, -0.05) is 12.1 Å². The van der Waals surface area contributed by atoms with Crippen LogP contribution >= 0.6 is 0 Å². The summed E-state index contributed by atoms with van der Waals surface area (Å²) in [6.45, 7) is 5.13. The van der Waals surface area contributed by atoms with Crippen molar-refractivity contribution in [3.8, 4) is 5.75 Å². The molecule has 2 saturated heterocycles. The highest BCUT2D eigenvalue weighted by molar-refractivity contribution is 5.75. The zero-order chi connectivity index (χ0) is 22.6. The summed E-state index contributed by atoms with van der Waals surface area (Å²) in [5.41, 5.74) is 0.812. The van der Waals surface area contributed by atoms with Crippen LogP contribution in [0.2, 0.25) is 0 Å². The Bertz CT molecular complexity index is 788. The molecule has 2 aliphatic heterocycles. The number of carbonyl (C=O) groups excluding carboxylic acids is 2. The maximum absolute atomic E-state index is 12.7. The van der Waals surface area contributed by atoms with Gasteiger partial charge < -0.3 is 29.9 Å². The third kappa shape index (κ3) is 5.28. The molecule has 3 fully saturated rings. The second-order valence-corrected chi connectivity index (χ2v) is 9.15. The smallest absolute Gasteiger partial charge is 0.317 e. The molecule has 8 nitrogen and oxygen atoms in total. The number of amides is 4. The molecule has 176 valence electrons. The number of carbonyl (C=O) groups is 2. The molecule has 1 aromatic carbocycles. The highest BCUT2D eigenvalue weighted by Crippen LogP contribution is 2.40. The van der Waals surface area contributed by atoms with Crippen molar-refractivity contribution in [2.45, 2.75) is 69.7 Å². The molecule has 1 aliphatic carbocycles. The van der Waals surface area contributed by atoms with Gasteiger partial charge in [-0.15, -0.1) is 0 Å². The Labute approximate surface area is 190 Å². The third-order valence-electron chi connectivity index (χ3n) is 6.93. The van der Waals surface area contributed by atoms with Crippen LogP contribution in [0.4, 0.5) is 9.59 Å². The van der Waals surface area contributed by atoms with Crippen molar-refractivity contribution in [2.75, 3.05) is 33.4 Å². The SMILES string of the molecule is CCNC(=O)N(C1CC1)C1CCOC2(CCN(C(=O)NCc3ccc(OC)cc3)CC2)C1. The summed E-state index contributed by atoms with van der Waals surface area (Å²) in [5.74, 6) is 0.805. The van der Waals surface area contributed by atoms with Crippen LogP contribution in [-0.2, 0) is 11.3 Å². The number of ether oxygens (including phenoxy) is 2. The first-order valence-electron chi connectivity index (χ1n) is 11.9. The van der Waals surface area contributed by atoms with E-state index in [1.54, 1.807) is 7.11 Å². The molecule has 1 atom stereocenters. The lowest BCUT2D eigenvalue weighted by molar-refractivity contribution is -0.125. The fourth-order valence-electron chi connectivity index (χ4n) is 4.96. The quantitative estimate of drug-likeness (QED) is 0.706. The van der Waals surface area contributed by atoms with E-state index in [1.165, 1.54) is 0 Å². The number of urea groups is 2. The normalized spacial score (nSPS) is 22.3. The molecular weight excluding hydrogens is 408 g/mol. The molecule has 4 rings (SSSR count). The Morgan fingerprint density at radius 3 is 2.47 bits per heavy atom. The van der Waals surface area contributed by atoms with E-state index in [1.807, 2.05) is 36.1 Å². The number of benzene rings is 1. The molecular formula is C24H36N4O4. The Morgan fingerprint density at radius 1 is 1.12 bits per heavy atom. The lowest BCUT2D eigenvalue weighted by atomic mass is 9.82. The number of likely N-dealkylation sites (tertiary alicyclic amines) is 1. The molecule has 32 heavy (non-hydrogen) atoms. The zero-order valence-electron chi connectivity index (χ0n) is 19.3. The van der Waals surface area contributed by atoms with Gasteiger partial charge in [0.25, 0.3) is 0 Å². The van der Waals surface area contributed by atoms with E-state index in [9.17, 15) is 9.59 Å². The zero-order valence-corrected chi connectivity index (χ0v) is 19.3. The first-order chi connectivity index (χ1) is 15.5. The van der Waals surface area contributed by atoms with E-state index >= 15 is 0 Å². The topological polar surface area (TPSA) is 83.1 Å². The van der Waals surface area contributed by atoms with Crippen LogP contribution in [-0.4, -0.2) is 72.9 Å². The van der Waals surface area contributed by atoms with E-state index < -0.39 is 0 Å². The van der Waals surface area contributed by atoms with Crippen molar-refractivity contribution in [3.05, 3.63) is 29.8 Å². The van der Waals surface area contributed by atoms with Crippen LogP contribution in [0, 0.1) is 0 Å². The Balaban J connectivity index is 1.28. The van der Waals surface area contributed by atoms with Crippen molar-refractivity contribution >= 4 is 12.1 Å². The maximum atomic E-state index is 12.7. The second kappa shape index (κ2) is 9.98. The summed E-state index contributed by atoms with van der Waals surface area (Å²) in [5, 5.41) is 6.01. The van der Waals surface area contributed by atoms with E-state index in [4.69, 9.17) is 9.47 Å². The lowest BCUT2D eigenvalue weighted by Gasteiger charge is -2.48. The minimum atomic E-state index is -0.227. The summed E-state index contributed by atoms with van der Waals surface area (Å²) < 4.78 is 11.5. The average molecular weight is 445 g/mol. The monoisotopic (exact) mass is 444 g/mol. The molecule has 1 spiro atoms. The first kappa shape index (κ1) is 22.7. The summed E-state index contributed by atoms with van der Waals surface area (Å²) >= 11 is 0. The van der Waals surface area contributed by atoms with Gasteiger partial charge in [0.1, 0.15) is 5.75 Å². The van der Waals surface area contributed by atoms with Crippen molar-refractivity contribution in [2.24, 2.45) is 0 Å². The number of hydrogen-bond acceptors (Lipinski definition) is 4. The number of nitrogens with one attached hydrogen (secondary N) is 2. The number of nitrogens with zero attached hydrogens (tertiary/aromatic N) is 2. The highest BCUT2D eigenvalue weighted by atomic mass is 16.5. The van der Waals surface area contributed by atoms with Crippen molar-refractivity contribution < 1.29 is 19.1 Å². The van der Waals surface area contributed by atoms with Crippen LogP contribution in [0.15, 0.2) is 24.3 Å². The lowest BCUT2D eigenvalue weighted by Crippen LogP contribution is -2.57. The summed E-state index contributed by atoms with van der Waals surface area (Å²) in [7, 11) is 1.64. The average Bonchev–Trinajstić information content (AvgIpc) is 3.64. The molecule has 4 amide bonds. The Hall–Kier alpha value is -2.48. The van der Waals surface area contributed by atoms with Gasteiger partial charge in [-0.05, 0) is 63.1 Å². The molecule has 2 heterocycles. The first-order valence-corrected chi connectivity index (χ1v) is 11.9. The van der Waals surface area contributed by atoms with Crippen molar-refractivity contribution in [1.82, 2.24) is 20.4 Å². The fraction of sp³-hybridized carbons (Fsp3) is 0.667. The van der Waals surface area contributed by atoms with Gasteiger partial charge in [0, 0.05) is 44.9 Å². The van der Waals surface area contributed by atoms with E-state index in [0.29, 0.717) is 38.8 Å². The van der Waals surface area contributed by atoms with Gasteiger partial charge in [-0.25, -0.2) is 9.59 Å². The van der Waals surface area contributed by atoms with Gasteiger partial charge in [0.2, 0.25) is 0 Å². The van der Waals surface area contributed by atoms with E-state index in [2.05, 4.69) is 15.5 Å². The summed E-state index contributed by atoms with van der Waals surface area (Å²) in [6, 6.07) is 8.34. The van der Waals surface area contributed by atoms with Gasteiger partial charge in [-0.2, -0.15) is 0 Å². The Kier molecular flexibility index (Phi) is 7.08. The largest absolute Gasteiger partial charge is 0.497 e. The van der Waals surface area contributed by atoms with Gasteiger partial charge in [0.15, 0.2) is 0 Å². The molecule has 8 heteroatoms. The molecule has 1 aromatic rings. The van der Waals surface area contributed by atoms with Gasteiger partial charge in [-0.3, -0.25) is 0 Å². The molecule has 0 bridgehead atoms. The highest BCUT2D eigenvalue weighted by Gasteiger charge is 2.46. The molecule has 1 saturated carbocycles. The number of piperidine rings is 1. The van der Waals surface area contributed by atoms with Crippen LogP contribution in [0.5, 0.6) is 5.75 Å². The van der Waals surface area contributed by atoms with E-state index in [0.717, 1.165) is 49.8 Å². The van der Waals surface area contributed by atoms with Crippen LogP contribution < -0.4 is 15.4 Å².